The summed E-state index contributed by atoms with van der Waals surface area (Å²) >= 11 is 0. The molecule has 3 heteroatoms. The Kier molecular flexibility index (Phi) is 4.49. The number of aryl methyl sites for hydroxylation is 1. The van der Waals surface area contributed by atoms with E-state index in [4.69, 9.17) is 11.2 Å². The van der Waals surface area contributed by atoms with Gasteiger partial charge in [0.1, 0.15) is 5.75 Å². The van der Waals surface area contributed by atoms with E-state index in [1.54, 1.807) is 0 Å². The second kappa shape index (κ2) is 6.78. The Morgan fingerprint density at radius 3 is 2.75 bits per heavy atom. The van der Waals surface area contributed by atoms with Crippen molar-refractivity contribution in [2.45, 2.75) is 82.8 Å². The van der Waals surface area contributed by atoms with Crippen molar-refractivity contribution in [3.8, 4) is 18.1 Å². The Balaban J connectivity index is 1.59. The van der Waals surface area contributed by atoms with E-state index in [0.29, 0.717) is 23.5 Å². The summed E-state index contributed by atoms with van der Waals surface area (Å²) in [4.78, 5) is 0. The van der Waals surface area contributed by atoms with Crippen molar-refractivity contribution in [1.82, 2.24) is 0 Å². The third kappa shape index (κ3) is 2.57. The van der Waals surface area contributed by atoms with Crippen molar-refractivity contribution in [2.24, 2.45) is 17.3 Å². The van der Waals surface area contributed by atoms with Crippen LogP contribution in [0.4, 0.5) is 0 Å². The maximum Gasteiger partial charge on any atom is 0.122 e. The molecular formula is C25H32O3. The first kappa shape index (κ1) is 18.5. The standard InChI is InChI=1S/C25H32O3/c1-3-16-23-15(14-20(26)24(16)21-6-4-5-13-28-21)7-8-17-18(23)11-12-25(2)19(17)9-10-22(25)27/h1,14,17-19,21-22,26-27H,4-13H2,2H3/t17-,18+,19+,21?,22+,25+/m1/s1. The zero-order valence-electron chi connectivity index (χ0n) is 16.9. The van der Waals surface area contributed by atoms with Crippen LogP contribution in [0, 0.1) is 29.6 Å². The van der Waals surface area contributed by atoms with Gasteiger partial charge in [-0.25, -0.2) is 0 Å². The molecule has 3 nitrogen and oxygen atoms in total. The highest BCUT2D eigenvalue weighted by molar-refractivity contribution is 5.59. The molecule has 2 saturated carbocycles. The number of phenolic OH excluding ortho intramolecular Hbond substituents is 1. The number of aliphatic hydroxyl groups is 1. The predicted molar refractivity (Wildman–Crippen MR) is 109 cm³/mol. The maximum atomic E-state index is 10.8. The van der Waals surface area contributed by atoms with Crippen LogP contribution in [-0.2, 0) is 11.2 Å². The number of fused-ring (bicyclic) bond motifs is 5. The molecule has 1 aromatic carbocycles. The highest BCUT2D eigenvalue weighted by Crippen LogP contribution is 2.61. The number of phenols is 1. The second-order valence-electron chi connectivity index (χ2n) is 9.81. The molecule has 3 fully saturated rings. The van der Waals surface area contributed by atoms with Gasteiger partial charge in [-0.3, -0.25) is 0 Å². The number of terminal acetylenes is 1. The van der Waals surface area contributed by atoms with E-state index in [2.05, 4.69) is 12.8 Å². The average Bonchev–Trinajstić information content (AvgIpc) is 3.02. The van der Waals surface area contributed by atoms with Crippen molar-refractivity contribution in [3.63, 3.8) is 0 Å². The zero-order valence-corrected chi connectivity index (χ0v) is 16.9. The molecule has 1 aliphatic heterocycles. The second-order valence-corrected chi connectivity index (χ2v) is 9.81. The largest absolute Gasteiger partial charge is 0.508 e. The number of aromatic hydroxyl groups is 1. The Bertz CT molecular complexity index is 816. The van der Waals surface area contributed by atoms with Crippen LogP contribution in [0.15, 0.2) is 6.07 Å². The summed E-state index contributed by atoms with van der Waals surface area (Å²) in [5, 5.41) is 21.5. The number of benzene rings is 1. The molecule has 5 rings (SSSR count). The third-order valence-corrected chi connectivity index (χ3v) is 8.62. The van der Waals surface area contributed by atoms with E-state index in [1.165, 1.54) is 11.1 Å². The van der Waals surface area contributed by atoms with Crippen molar-refractivity contribution in [1.29, 1.82) is 0 Å². The van der Waals surface area contributed by atoms with E-state index >= 15 is 0 Å². The molecule has 6 atom stereocenters. The van der Waals surface area contributed by atoms with E-state index in [1.807, 2.05) is 6.07 Å². The van der Waals surface area contributed by atoms with Gasteiger partial charge in [0, 0.05) is 17.7 Å². The monoisotopic (exact) mass is 380 g/mol. The van der Waals surface area contributed by atoms with Gasteiger partial charge >= 0.3 is 0 Å². The van der Waals surface area contributed by atoms with Crippen LogP contribution >= 0.6 is 0 Å². The molecular weight excluding hydrogens is 348 g/mol. The lowest BCUT2D eigenvalue weighted by molar-refractivity contribution is -0.0228. The minimum absolute atomic E-state index is 0.0706. The van der Waals surface area contributed by atoms with E-state index < -0.39 is 0 Å². The smallest absolute Gasteiger partial charge is 0.122 e. The molecule has 1 unspecified atom stereocenters. The van der Waals surface area contributed by atoms with Crippen LogP contribution < -0.4 is 0 Å². The van der Waals surface area contributed by atoms with E-state index in [0.717, 1.165) is 75.5 Å². The molecule has 150 valence electrons. The summed E-state index contributed by atoms with van der Waals surface area (Å²) < 4.78 is 6.03. The molecule has 0 amide bonds. The fourth-order valence-corrected chi connectivity index (χ4v) is 7.18. The quantitative estimate of drug-likeness (QED) is 0.686. The number of hydrogen-bond donors (Lipinski definition) is 2. The first-order chi connectivity index (χ1) is 13.5. The first-order valence-corrected chi connectivity index (χ1v) is 11.2. The lowest BCUT2D eigenvalue weighted by Gasteiger charge is -2.50. The van der Waals surface area contributed by atoms with Gasteiger partial charge in [-0.2, -0.15) is 0 Å². The minimum atomic E-state index is -0.155. The average molecular weight is 381 g/mol. The van der Waals surface area contributed by atoms with Crippen molar-refractivity contribution >= 4 is 0 Å². The fraction of sp³-hybridized carbons (Fsp3) is 0.680. The Hall–Kier alpha value is -1.50. The first-order valence-electron chi connectivity index (χ1n) is 11.2. The zero-order chi connectivity index (χ0) is 19.5. The highest BCUT2D eigenvalue weighted by Gasteiger charge is 2.54. The number of hydrogen-bond acceptors (Lipinski definition) is 3. The molecule has 0 aromatic heterocycles. The lowest BCUT2D eigenvalue weighted by atomic mass is 9.55. The summed E-state index contributed by atoms with van der Waals surface area (Å²) in [7, 11) is 0. The van der Waals surface area contributed by atoms with Crippen LogP contribution in [0.3, 0.4) is 0 Å². The molecule has 0 radical (unpaired) electrons. The Morgan fingerprint density at radius 1 is 1.14 bits per heavy atom. The molecule has 28 heavy (non-hydrogen) atoms. The van der Waals surface area contributed by atoms with Crippen LogP contribution in [0.25, 0.3) is 0 Å². The van der Waals surface area contributed by atoms with Crippen molar-refractivity contribution in [2.75, 3.05) is 6.61 Å². The van der Waals surface area contributed by atoms with Crippen molar-refractivity contribution < 1.29 is 14.9 Å². The summed E-state index contributed by atoms with van der Waals surface area (Å²) in [6.07, 6.45) is 15.3. The van der Waals surface area contributed by atoms with Gasteiger partial charge in [0.05, 0.1) is 12.2 Å². The van der Waals surface area contributed by atoms with Crippen molar-refractivity contribution in [3.05, 3.63) is 28.3 Å². The fourth-order valence-electron chi connectivity index (χ4n) is 7.18. The summed E-state index contributed by atoms with van der Waals surface area (Å²) in [6, 6.07) is 1.98. The summed E-state index contributed by atoms with van der Waals surface area (Å²) in [5.41, 5.74) is 4.42. The molecule has 1 aromatic rings. The normalized spacial score (nSPS) is 39.5. The lowest BCUT2D eigenvalue weighted by Crippen LogP contribution is -2.44. The van der Waals surface area contributed by atoms with E-state index in [9.17, 15) is 10.2 Å². The van der Waals surface area contributed by atoms with Gasteiger partial charge in [-0.15, -0.1) is 6.42 Å². The predicted octanol–water partition coefficient (Wildman–Crippen LogP) is 4.83. The van der Waals surface area contributed by atoms with Gasteiger partial charge < -0.3 is 14.9 Å². The molecule has 1 heterocycles. The Labute approximate surface area is 168 Å². The summed E-state index contributed by atoms with van der Waals surface area (Å²) in [5.74, 6) is 4.95. The minimum Gasteiger partial charge on any atom is -0.508 e. The number of aliphatic hydroxyl groups excluding tert-OH is 1. The van der Waals surface area contributed by atoms with Gasteiger partial charge in [-0.05, 0) is 98.1 Å². The maximum absolute atomic E-state index is 10.8. The van der Waals surface area contributed by atoms with Gasteiger partial charge in [0.15, 0.2) is 0 Å². The van der Waals surface area contributed by atoms with E-state index in [-0.39, 0.29) is 17.6 Å². The van der Waals surface area contributed by atoms with Gasteiger partial charge in [-0.1, -0.05) is 12.8 Å². The highest BCUT2D eigenvalue weighted by atomic mass is 16.5. The molecule has 4 aliphatic rings. The molecule has 0 bridgehead atoms. The molecule has 3 aliphatic carbocycles. The topological polar surface area (TPSA) is 49.7 Å². The summed E-state index contributed by atoms with van der Waals surface area (Å²) in [6.45, 7) is 3.05. The van der Waals surface area contributed by atoms with Gasteiger partial charge in [0.2, 0.25) is 0 Å². The van der Waals surface area contributed by atoms with Crippen LogP contribution in [-0.4, -0.2) is 22.9 Å². The van der Waals surface area contributed by atoms with Crippen LogP contribution in [0.5, 0.6) is 5.75 Å². The molecule has 0 spiro atoms. The third-order valence-electron chi connectivity index (χ3n) is 8.62. The number of ether oxygens (including phenoxy) is 1. The molecule has 2 N–H and O–H groups in total. The molecule has 1 saturated heterocycles. The Morgan fingerprint density at radius 2 is 2.00 bits per heavy atom. The number of rotatable bonds is 1. The van der Waals surface area contributed by atoms with Gasteiger partial charge in [0.25, 0.3) is 0 Å². The SMILES string of the molecule is C#Cc1c(C2CCCCO2)c(O)cc2c1[C@H]1CC[C@]3(C)[C@@H](O)CC[C@H]3[C@@H]1CC2. The van der Waals surface area contributed by atoms with Crippen LogP contribution in [0.2, 0.25) is 0 Å². The van der Waals surface area contributed by atoms with Crippen LogP contribution in [0.1, 0.15) is 92.6 Å².